The molecule has 2 aromatic carbocycles. The van der Waals surface area contributed by atoms with Gasteiger partial charge in [0.1, 0.15) is 0 Å². The number of hydrogen-bond donors (Lipinski definition) is 1. The average Bonchev–Trinajstić information content (AvgIpc) is 2.38. The molecule has 0 spiro atoms. The number of benzene rings is 2. The maximum Gasteiger partial charge on any atom is 0.0702 e. The number of rotatable bonds is 3. The van der Waals surface area contributed by atoms with Crippen LogP contribution in [0.15, 0.2) is 48.5 Å². The molecule has 88 valence electrons. The fraction of sp³-hybridized carbons (Fsp3) is 0.200. The molecule has 0 saturated carbocycles. The Kier molecular flexibility index (Phi) is 3.45. The molecule has 0 aromatic heterocycles. The Balaban J connectivity index is 2.40. The molecule has 17 heavy (non-hydrogen) atoms. The van der Waals surface area contributed by atoms with E-state index < -0.39 is 0 Å². The van der Waals surface area contributed by atoms with Crippen LogP contribution in [0.5, 0.6) is 0 Å². The van der Waals surface area contributed by atoms with Crippen LogP contribution in [0.2, 0.25) is 0 Å². The summed E-state index contributed by atoms with van der Waals surface area (Å²) >= 11 is 0. The molecule has 0 aliphatic heterocycles. The molecular weight excluding hydrogens is 210 g/mol. The fourth-order valence-corrected chi connectivity index (χ4v) is 1.95. The summed E-state index contributed by atoms with van der Waals surface area (Å²) in [5.74, 6) is 0. The molecular formula is C15H17NO. The lowest BCUT2D eigenvalue weighted by Gasteiger charge is -2.22. The molecule has 0 unspecified atom stereocenters. The van der Waals surface area contributed by atoms with E-state index in [4.69, 9.17) is 0 Å². The second-order valence-electron chi connectivity index (χ2n) is 4.18. The van der Waals surface area contributed by atoms with Crippen LogP contribution in [0.25, 0.3) is 0 Å². The van der Waals surface area contributed by atoms with Gasteiger partial charge in [0, 0.05) is 24.0 Å². The second-order valence-corrected chi connectivity index (χ2v) is 4.18. The monoisotopic (exact) mass is 227 g/mol. The summed E-state index contributed by atoms with van der Waals surface area (Å²) in [6.07, 6.45) is 0. The number of nitrogens with zero attached hydrogens (tertiary/aromatic N) is 1. The SMILES string of the molecule is Cc1cccc(N(C)c2ccccc2CO)c1. The molecule has 2 nitrogen and oxygen atoms in total. The quantitative estimate of drug-likeness (QED) is 0.870. The van der Waals surface area contributed by atoms with Crippen LogP contribution in [0.1, 0.15) is 11.1 Å². The van der Waals surface area contributed by atoms with Gasteiger partial charge in [0.15, 0.2) is 0 Å². The lowest BCUT2D eigenvalue weighted by atomic mass is 10.1. The van der Waals surface area contributed by atoms with E-state index in [9.17, 15) is 5.11 Å². The molecule has 1 N–H and O–H groups in total. The predicted molar refractivity (Wildman–Crippen MR) is 71.6 cm³/mol. The number of aliphatic hydroxyl groups is 1. The van der Waals surface area contributed by atoms with E-state index in [1.54, 1.807) is 0 Å². The van der Waals surface area contributed by atoms with Crippen molar-refractivity contribution in [2.24, 2.45) is 0 Å². The number of hydrogen-bond acceptors (Lipinski definition) is 2. The highest BCUT2D eigenvalue weighted by atomic mass is 16.3. The zero-order chi connectivity index (χ0) is 12.3. The normalized spacial score (nSPS) is 10.3. The van der Waals surface area contributed by atoms with Crippen molar-refractivity contribution in [3.63, 3.8) is 0 Å². The van der Waals surface area contributed by atoms with E-state index >= 15 is 0 Å². The average molecular weight is 227 g/mol. The Hall–Kier alpha value is -1.80. The molecule has 0 saturated heterocycles. The standard InChI is InChI=1S/C15H17NO/c1-12-6-5-8-14(10-12)16(2)15-9-4-3-7-13(15)11-17/h3-10,17H,11H2,1-2H3. The van der Waals surface area contributed by atoms with Crippen molar-refractivity contribution >= 4 is 11.4 Å². The molecule has 2 rings (SSSR count). The highest BCUT2D eigenvalue weighted by Gasteiger charge is 2.07. The van der Waals surface area contributed by atoms with E-state index in [1.807, 2.05) is 37.4 Å². The van der Waals surface area contributed by atoms with Gasteiger partial charge in [-0.3, -0.25) is 0 Å². The molecule has 0 aliphatic rings. The minimum Gasteiger partial charge on any atom is -0.392 e. The van der Waals surface area contributed by atoms with Crippen LogP contribution in [-0.2, 0) is 6.61 Å². The first-order valence-corrected chi connectivity index (χ1v) is 5.71. The smallest absolute Gasteiger partial charge is 0.0702 e. The van der Waals surface area contributed by atoms with Crippen molar-refractivity contribution < 1.29 is 5.11 Å². The third-order valence-electron chi connectivity index (χ3n) is 2.91. The van der Waals surface area contributed by atoms with E-state index in [2.05, 4.69) is 30.0 Å². The molecule has 0 radical (unpaired) electrons. The highest BCUT2D eigenvalue weighted by molar-refractivity contribution is 5.66. The third-order valence-corrected chi connectivity index (χ3v) is 2.91. The first kappa shape index (κ1) is 11.7. The maximum atomic E-state index is 9.34. The lowest BCUT2D eigenvalue weighted by molar-refractivity contribution is 0.282. The van der Waals surface area contributed by atoms with Gasteiger partial charge in [0.2, 0.25) is 0 Å². The van der Waals surface area contributed by atoms with E-state index in [0.717, 1.165) is 16.9 Å². The van der Waals surface area contributed by atoms with Gasteiger partial charge in [-0.15, -0.1) is 0 Å². The minimum atomic E-state index is 0.0618. The van der Waals surface area contributed by atoms with Crippen molar-refractivity contribution in [2.75, 3.05) is 11.9 Å². The summed E-state index contributed by atoms with van der Waals surface area (Å²) in [7, 11) is 2.02. The van der Waals surface area contributed by atoms with Gasteiger partial charge < -0.3 is 10.0 Å². The zero-order valence-corrected chi connectivity index (χ0v) is 10.2. The van der Waals surface area contributed by atoms with E-state index in [-0.39, 0.29) is 6.61 Å². The largest absolute Gasteiger partial charge is 0.392 e. The summed E-state index contributed by atoms with van der Waals surface area (Å²) in [5, 5.41) is 9.34. The molecule has 0 amide bonds. The third kappa shape index (κ3) is 2.48. The molecule has 0 heterocycles. The fourth-order valence-electron chi connectivity index (χ4n) is 1.95. The first-order chi connectivity index (χ1) is 8.22. The van der Waals surface area contributed by atoms with Crippen LogP contribution >= 0.6 is 0 Å². The molecule has 2 heteroatoms. The zero-order valence-electron chi connectivity index (χ0n) is 10.2. The summed E-state index contributed by atoms with van der Waals surface area (Å²) in [4.78, 5) is 2.10. The molecule has 0 fully saturated rings. The number of aliphatic hydroxyl groups excluding tert-OH is 1. The number of aryl methyl sites for hydroxylation is 1. The highest BCUT2D eigenvalue weighted by Crippen LogP contribution is 2.27. The molecule has 0 atom stereocenters. The van der Waals surface area contributed by atoms with Gasteiger partial charge >= 0.3 is 0 Å². The Morgan fingerprint density at radius 2 is 1.82 bits per heavy atom. The van der Waals surface area contributed by atoms with Crippen molar-refractivity contribution in [1.82, 2.24) is 0 Å². The van der Waals surface area contributed by atoms with Gasteiger partial charge in [-0.05, 0) is 30.7 Å². The molecule has 2 aromatic rings. The van der Waals surface area contributed by atoms with Crippen LogP contribution in [0.4, 0.5) is 11.4 Å². The van der Waals surface area contributed by atoms with Crippen LogP contribution < -0.4 is 4.90 Å². The van der Waals surface area contributed by atoms with Crippen molar-refractivity contribution in [3.8, 4) is 0 Å². The Labute approximate surface area is 102 Å². The van der Waals surface area contributed by atoms with Crippen LogP contribution in [0.3, 0.4) is 0 Å². The van der Waals surface area contributed by atoms with Gasteiger partial charge in [-0.2, -0.15) is 0 Å². The molecule has 0 bridgehead atoms. The van der Waals surface area contributed by atoms with E-state index in [0.29, 0.717) is 0 Å². The summed E-state index contributed by atoms with van der Waals surface area (Å²) < 4.78 is 0. The minimum absolute atomic E-state index is 0.0618. The van der Waals surface area contributed by atoms with Crippen LogP contribution in [-0.4, -0.2) is 12.2 Å². The van der Waals surface area contributed by atoms with Crippen molar-refractivity contribution in [3.05, 3.63) is 59.7 Å². The van der Waals surface area contributed by atoms with Crippen molar-refractivity contribution in [1.29, 1.82) is 0 Å². The van der Waals surface area contributed by atoms with Gasteiger partial charge in [0.05, 0.1) is 6.61 Å². The predicted octanol–water partition coefficient (Wildman–Crippen LogP) is 3.26. The second kappa shape index (κ2) is 5.02. The maximum absolute atomic E-state index is 9.34. The topological polar surface area (TPSA) is 23.5 Å². The van der Waals surface area contributed by atoms with Gasteiger partial charge in [-0.25, -0.2) is 0 Å². The first-order valence-electron chi connectivity index (χ1n) is 5.71. The van der Waals surface area contributed by atoms with Gasteiger partial charge in [-0.1, -0.05) is 30.3 Å². The van der Waals surface area contributed by atoms with Crippen molar-refractivity contribution in [2.45, 2.75) is 13.5 Å². The van der Waals surface area contributed by atoms with Crippen LogP contribution in [0, 0.1) is 6.92 Å². The van der Waals surface area contributed by atoms with E-state index in [1.165, 1.54) is 5.56 Å². The molecule has 0 aliphatic carbocycles. The Bertz CT molecular complexity index is 508. The summed E-state index contributed by atoms with van der Waals surface area (Å²) in [5.41, 5.74) is 4.35. The van der Waals surface area contributed by atoms with Gasteiger partial charge in [0.25, 0.3) is 0 Å². The lowest BCUT2D eigenvalue weighted by Crippen LogP contribution is -2.11. The number of anilines is 2. The Morgan fingerprint density at radius 3 is 2.53 bits per heavy atom. The Morgan fingerprint density at radius 1 is 1.06 bits per heavy atom. The number of para-hydroxylation sites is 1. The summed E-state index contributed by atoms with van der Waals surface area (Å²) in [6.45, 7) is 2.14. The summed E-state index contributed by atoms with van der Waals surface area (Å²) in [6, 6.07) is 16.2.